The molecule has 2 atom stereocenters. The lowest BCUT2D eigenvalue weighted by atomic mass is 10.1. The van der Waals surface area contributed by atoms with Gasteiger partial charge in [0.05, 0.1) is 6.10 Å². The standard InChI is InChI=1S/C14H23NO2/c1-11(15)4-5-13-6-8-14(9-7-13)17-10-12(2)16-3/h6-9,11-12H,4-5,10,15H2,1-3H3. The van der Waals surface area contributed by atoms with Crippen molar-refractivity contribution in [1.82, 2.24) is 0 Å². The minimum atomic E-state index is 0.118. The van der Waals surface area contributed by atoms with E-state index in [4.69, 9.17) is 15.2 Å². The van der Waals surface area contributed by atoms with E-state index in [0.29, 0.717) is 6.61 Å². The van der Waals surface area contributed by atoms with Crippen LogP contribution < -0.4 is 10.5 Å². The first-order chi connectivity index (χ1) is 8.11. The van der Waals surface area contributed by atoms with Gasteiger partial charge in [0.25, 0.3) is 0 Å². The Morgan fingerprint density at radius 2 is 1.82 bits per heavy atom. The van der Waals surface area contributed by atoms with E-state index in [9.17, 15) is 0 Å². The van der Waals surface area contributed by atoms with Crippen molar-refractivity contribution in [1.29, 1.82) is 0 Å². The third-order valence-electron chi connectivity index (χ3n) is 2.70. The molecule has 1 aromatic rings. The van der Waals surface area contributed by atoms with Gasteiger partial charge in [-0.2, -0.15) is 0 Å². The smallest absolute Gasteiger partial charge is 0.119 e. The van der Waals surface area contributed by atoms with Crippen LogP contribution >= 0.6 is 0 Å². The van der Waals surface area contributed by atoms with Crippen LogP contribution in [0.15, 0.2) is 24.3 Å². The maximum absolute atomic E-state index is 5.73. The van der Waals surface area contributed by atoms with Gasteiger partial charge in [0.15, 0.2) is 0 Å². The number of nitrogens with two attached hydrogens (primary N) is 1. The van der Waals surface area contributed by atoms with Crippen LogP contribution in [0.3, 0.4) is 0 Å². The summed E-state index contributed by atoms with van der Waals surface area (Å²) in [6.45, 7) is 4.59. The van der Waals surface area contributed by atoms with Crippen molar-refractivity contribution < 1.29 is 9.47 Å². The third kappa shape index (κ3) is 5.71. The molecule has 0 bridgehead atoms. The van der Waals surface area contributed by atoms with Gasteiger partial charge in [0.2, 0.25) is 0 Å². The summed E-state index contributed by atoms with van der Waals surface area (Å²) < 4.78 is 10.7. The number of aryl methyl sites for hydroxylation is 1. The van der Waals surface area contributed by atoms with Crippen molar-refractivity contribution in [2.75, 3.05) is 13.7 Å². The van der Waals surface area contributed by atoms with E-state index in [1.54, 1.807) is 7.11 Å². The van der Waals surface area contributed by atoms with Gasteiger partial charge in [-0.15, -0.1) is 0 Å². The summed E-state index contributed by atoms with van der Waals surface area (Å²) in [7, 11) is 1.69. The molecule has 0 saturated carbocycles. The van der Waals surface area contributed by atoms with E-state index in [1.165, 1.54) is 5.56 Å². The molecule has 0 spiro atoms. The van der Waals surface area contributed by atoms with Crippen LogP contribution in [0, 0.1) is 0 Å². The molecule has 0 heterocycles. The zero-order valence-corrected chi connectivity index (χ0v) is 11.0. The van der Waals surface area contributed by atoms with Crippen molar-refractivity contribution in [3.63, 3.8) is 0 Å². The Balaban J connectivity index is 2.39. The molecule has 3 heteroatoms. The van der Waals surface area contributed by atoms with Crippen LogP contribution in [-0.2, 0) is 11.2 Å². The highest BCUT2D eigenvalue weighted by molar-refractivity contribution is 5.27. The van der Waals surface area contributed by atoms with Crippen molar-refractivity contribution in [3.05, 3.63) is 29.8 Å². The van der Waals surface area contributed by atoms with Crippen molar-refractivity contribution in [3.8, 4) is 5.75 Å². The summed E-state index contributed by atoms with van der Waals surface area (Å²) in [6.07, 6.45) is 2.15. The monoisotopic (exact) mass is 237 g/mol. The Kier molecular flexibility index (Phi) is 6.01. The molecule has 2 N–H and O–H groups in total. The summed E-state index contributed by atoms with van der Waals surface area (Å²) in [5.41, 5.74) is 7.03. The SMILES string of the molecule is COC(C)COc1ccc(CCC(C)N)cc1. The maximum atomic E-state index is 5.73. The van der Waals surface area contributed by atoms with E-state index in [0.717, 1.165) is 18.6 Å². The molecular weight excluding hydrogens is 214 g/mol. The van der Waals surface area contributed by atoms with E-state index in [-0.39, 0.29) is 12.1 Å². The number of ether oxygens (including phenoxy) is 2. The summed E-state index contributed by atoms with van der Waals surface area (Å²) >= 11 is 0. The van der Waals surface area contributed by atoms with Gasteiger partial charge < -0.3 is 15.2 Å². The summed E-state index contributed by atoms with van der Waals surface area (Å²) in [5, 5.41) is 0. The van der Waals surface area contributed by atoms with Crippen LogP contribution in [0.1, 0.15) is 25.8 Å². The number of benzene rings is 1. The van der Waals surface area contributed by atoms with Gasteiger partial charge in [0.1, 0.15) is 12.4 Å². The van der Waals surface area contributed by atoms with Crippen LogP contribution in [0.5, 0.6) is 5.75 Å². The molecule has 3 nitrogen and oxygen atoms in total. The van der Waals surface area contributed by atoms with Crippen molar-refractivity contribution in [2.24, 2.45) is 5.73 Å². The Morgan fingerprint density at radius 1 is 1.18 bits per heavy atom. The average molecular weight is 237 g/mol. The Hall–Kier alpha value is -1.06. The van der Waals surface area contributed by atoms with Crippen molar-refractivity contribution >= 4 is 0 Å². The van der Waals surface area contributed by atoms with Gasteiger partial charge in [0, 0.05) is 13.2 Å². The largest absolute Gasteiger partial charge is 0.491 e. The molecule has 0 aliphatic rings. The van der Waals surface area contributed by atoms with Gasteiger partial charge >= 0.3 is 0 Å². The molecular formula is C14H23NO2. The zero-order chi connectivity index (χ0) is 12.7. The fraction of sp³-hybridized carbons (Fsp3) is 0.571. The van der Waals surface area contributed by atoms with Crippen LogP contribution in [-0.4, -0.2) is 25.9 Å². The highest BCUT2D eigenvalue weighted by Crippen LogP contribution is 2.14. The van der Waals surface area contributed by atoms with Crippen molar-refractivity contribution in [2.45, 2.75) is 38.8 Å². The number of hydrogen-bond donors (Lipinski definition) is 1. The van der Waals surface area contributed by atoms with Crippen LogP contribution in [0.2, 0.25) is 0 Å². The van der Waals surface area contributed by atoms with E-state index >= 15 is 0 Å². The molecule has 0 amide bonds. The minimum absolute atomic E-state index is 0.118. The fourth-order valence-electron chi connectivity index (χ4n) is 1.43. The molecule has 0 saturated heterocycles. The highest BCUT2D eigenvalue weighted by atomic mass is 16.5. The number of rotatable bonds is 7. The number of methoxy groups -OCH3 is 1. The lowest BCUT2D eigenvalue weighted by molar-refractivity contribution is 0.0716. The molecule has 17 heavy (non-hydrogen) atoms. The topological polar surface area (TPSA) is 44.5 Å². The summed E-state index contributed by atoms with van der Waals surface area (Å²) in [6, 6.07) is 8.44. The van der Waals surface area contributed by atoms with Gasteiger partial charge in [-0.25, -0.2) is 0 Å². The normalized spacial score (nSPS) is 14.4. The van der Waals surface area contributed by atoms with Crippen LogP contribution in [0.25, 0.3) is 0 Å². The lowest BCUT2D eigenvalue weighted by Gasteiger charge is -2.12. The third-order valence-corrected chi connectivity index (χ3v) is 2.70. The second-order valence-corrected chi connectivity index (χ2v) is 4.52. The maximum Gasteiger partial charge on any atom is 0.119 e. The first-order valence-electron chi connectivity index (χ1n) is 6.12. The lowest BCUT2D eigenvalue weighted by Crippen LogP contribution is -2.16. The van der Waals surface area contributed by atoms with Gasteiger partial charge in [-0.05, 0) is 44.4 Å². The fourth-order valence-corrected chi connectivity index (χ4v) is 1.43. The predicted octanol–water partition coefficient (Wildman–Crippen LogP) is 2.38. The van der Waals surface area contributed by atoms with E-state index in [2.05, 4.69) is 12.1 Å². The average Bonchev–Trinajstić information content (AvgIpc) is 2.34. The zero-order valence-electron chi connectivity index (χ0n) is 11.0. The summed E-state index contributed by atoms with van der Waals surface area (Å²) in [5.74, 6) is 0.887. The second-order valence-electron chi connectivity index (χ2n) is 4.52. The summed E-state index contributed by atoms with van der Waals surface area (Å²) in [4.78, 5) is 0. The quantitative estimate of drug-likeness (QED) is 0.792. The Labute approximate surface area is 104 Å². The number of hydrogen-bond acceptors (Lipinski definition) is 3. The second kappa shape index (κ2) is 7.30. The Morgan fingerprint density at radius 3 is 2.35 bits per heavy atom. The first-order valence-corrected chi connectivity index (χ1v) is 6.12. The van der Waals surface area contributed by atoms with Gasteiger partial charge in [-0.1, -0.05) is 12.1 Å². The molecule has 0 aromatic heterocycles. The molecule has 2 unspecified atom stereocenters. The minimum Gasteiger partial charge on any atom is -0.491 e. The molecule has 0 fully saturated rings. The molecule has 0 aliphatic carbocycles. The first kappa shape index (κ1) is 14.0. The molecule has 1 rings (SSSR count). The molecule has 96 valence electrons. The Bertz CT molecular complexity index is 309. The van der Waals surface area contributed by atoms with E-state index in [1.807, 2.05) is 26.0 Å². The van der Waals surface area contributed by atoms with Crippen LogP contribution in [0.4, 0.5) is 0 Å². The van der Waals surface area contributed by atoms with E-state index < -0.39 is 0 Å². The highest BCUT2D eigenvalue weighted by Gasteiger charge is 2.01. The molecule has 0 aliphatic heterocycles. The molecule has 0 radical (unpaired) electrons. The predicted molar refractivity (Wildman–Crippen MR) is 70.4 cm³/mol. The molecule has 1 aromatic carbocycles. The van der Waals surface area contributed by atoms with Gasteiger partial charge in [-0.3, -0.25) is 0 Å².